The van der Waals surface area contributed by atoms with Crippen molar-refractivity contribution in [2.45, 2.75) is 13.5 Å². The number of hydrogen-bond donors (Lipinski definition) is 1. The summed E-state index contributed by atoms with van der Waals surface area (Å²) < 4.78 is 6.00. The van der Waals surface area contributed by atoms with Gasteiger partial charge in [0, 0.05) is 15.6 Å². The number of halogens is 3. The molecule has 2 aromatic carbocycles. The molecule has 1 saturated heterocycles. The van der Waals surface area contributed by atoms with Crippen LogP contribution in [0, 0.1) is 3.57 Å². The normalized spacial score (nSPS) is 15.6. The highest BCUT2D eigenvalue weighted by Gasteiger charge is 2.35. The summed E-state index contributed by atoms with van der Waals surface area (Å²) in [6.45, 7) is 2.20. The second-order valence-corrected chi connectivity index (χ2v) is 8.72. The number of amides is 2. The molecule has 1 N–H and O–H groups in total. The van der Waals surface area contributed by atoms with Crippen LogP contribution in [0.2, 0.25) is 10.0 Å². The van der Waals surface area contributed by atoms with Crippen molar-refractivity contribution >= 4 is 74.8 Å². The Morgan fingerprint density at radius 1 is 1.25 bits per heavy atom. The second kappa shape index (κ2) is 8.94. The van der Waals surface area contributed by atoms with Crippen LogP contribution < -0.4 is 4.74 Å². The second-order valence-electron chi connectivity index (χ2n) is 5.75. The van der Waals surface area contributed by atoms with Crippen molar-refractivity contribution in [2.75, 3.05) is 6.61 Å². The van der Waals surface area contributed by atoms with E-state index in [0.717, 1.165) is 16.7 Å². The van der Waals surface area contributed by atoms with E-state index in [1.54, 1.807) is 36.4 Å². The molecule has 0 aliphatic carbocycles. The number of benzene rings is 2. The molecule has 1 fully saturated rings. The van der Waals surface area contributed by atoms with E-state index < -0.39 is 11.1 Å². The molecule has 0 bridgehead atoms. The molecule has 0 unspecified atom stereocenters. The molecule has 5 nitrogen and oxygen atoms in total. The van der Waals surface area contributed by atoms with Crippen LogP contribution in [0.1, 0.15) is 18.1 Å². The van der Waals surface area contributed by atoms with E-state index in [-0.39, 0.29) is 17.2 Å². The number of imide groups is 1. The molecule has 2 aromatic rings. The van der Waals surface area contributed by atoms with E-state index >= 15 is 0 Å². The molecule has 146 valence electrons. The van der Waals surface area contributed by atoms with Gasteiger partial charge in [0.1, 0.15) is 0 Å². The first-order valence-electron chi connectivity index (χ1n) is 8.15. The average molecular weight is 550 g/mol. The van der Waals surface area contributed by atoms with Crippen LogP contribution in [0.15, 0.2) is 35.2 Å². The number of phenolic OH excluding ortho intramolecular Hbond substituents is 1. The lowest BCUT2D eigenvalue weighted by Crippen LogP contribution is -2.27. The highest BCUT2D eigenvalue weighted by molar-refractivity contribution is 14.1. The molecule has 1 heterocycles. The number of ether oxygens (including phenoxy) is 1. The molecule has 3 rings (SSSR count). The Morgan fingerprint density at radius 2 is 1.93 bits per heavy atom. The largest absolute Gasteiger partial charge is 0.504 e. The molecule has 0 spiro atoms. The van der Waals surface area contributed by atoms with Crippen molar-refractivity contribution in [3.8, 4) is 11.5 Å². The van der Waals surface area contributed by atoms with Gasteiger partial charge in [0.2, 0.25) is 0 Å². The molecule has 2 amide bonds. The lowest BCUT2D eigenvalue weighted by atomic mass is 10.1. The van der Waals surface area contributed by atoms with Crippen LogP contribution in [0.3, 0.4) is 0 Å². The molecule has 1 aliphatic rings. The Labute approximate surface area is 189 Å². The van der Waals surface area contributed by atoms with Crippen LogP contribution in [0.4, 0.5) is 4.79 Å². The third kappa shape index (κ3) is 4.42. The Morgan fingerprint density at radius 3 is 2.57 bits per heavy atom. The lowest BCUT2D eigenvalue weighted by Gasteiger charge is -2.14. The molecule has 0 aromatic heterocycles. The van der Waals surface area contributed by atoms with Gasteiger partial charge in [-0.1, -0.05) is 29.3 Å². The summed E-state index contributed by atoms with van der Waals surface area (Å²) in [4.78, 5) is 26.5. The zero-order valence-electron chi connectivity index (χ0n) is 14.5. The summed E-state index contributed by atoms with van der Waals surface area (Å²) in [7, 11) is 0. The van der Waals surface area contributed by atoms with Gasteiger partial charge in [-0.05, 0) is 77.2 Å². The van der Waals surface area contributed by atoms with E-state index in [2.05, 4.69) is 0 Å². The van der Waals surface area contributed by atoms with Gasteiger partial charge in [0.05, 0.1) is 21.6 Å². The lowest BCUT2D eigenvalue weighted by molar-refractivity contribution is -0.123. The van der Waals surface area contributed by atoms with Gasteiger partial charge in [-0.2, -0.15) is 0 Å². The summed E-state index contributed by atoms with van der Waals surface area (Å²) >= 11 is 15.1. The monoisotopic (exact) mass is 549 g/mol. The molecule has 0 saturated carbocycles. The van der Waals surface area contributed by atoms with E-state index in [9.17, 15) is 14.7 Å². The van der Waals surface area contributed by atoms with Gasteiger partial charge >= 0.3 is 0 Å². The molecule has 0 radical (unpaired) electrons. The quantitative estimate of drug-likeness (QED) is 0.369. The van der Waals surface area contributed by atoms with E-state index in [4.69, 9.17) is 27.9 Å². The maximum Gasteiger partial charge on any atom is 0.293 e. The van der Waals surface area contributed by atoms with E-state index in [1.807, 2.05) is 29.5 Å². The SMILES string of the molecule is CCOc1cc(/C=C2/SC(=O)N(Cc3c(Cl)cccc3Cl)C2=O)cc(I)c1O. The fourth-order valence-corrected chi connectivity index (χ4v) is 4.55. The molecule has 1 aliphatic heterocycles. The Hall–Kier alpha value is -1.42. The minimum absolute atomic E-state index is 0.00216. The fraction of sp³-hybridized carbons (Fsp3) is 0.158. The minimum atomic E-state index is -0.424. The van der Waals surface area contributed by atoms with Crippen molar-refractivity contribution in [2.24, 2.45) is 0 Å². The number of hydrogen-bond acceptors (Lipinski definition) is 5. The molecule has 0 atom stereocenters. The first-order chi connectivity index (χ1) is 13.3. The van der Waals surface area contributed by atoms with Gasteiger partial charge < -0.3 is 9.84 Å². The first-order valence-corrected chi connectivity index (χ1v) is 10.8. The van der Waals surface area contributed by atoms with Gasteiger partial charge in [-0.15, -0.1) is 0 Å². The van der Waals surface area contributed by atoms with Crippen molar-refractivity contribution in [1.82, 2.24) is 4.90 Å². The van der Waals surface area contributed by atoms with E-state index in [1.165, 1.54) is 0 Å². The Bertz CT molecular complexity index is 976. The van der Waals surface area contributed by atoms with Gasteiger partial charge in [-0.3, -0.25) is 14.5 Å². The third-order valence-electron chi connectivity index (χ3n) is 3.90. The summed E-state index contributed by atoms with van der Waals surface area (Å²) in [6, 6.07) is 8.35. The highest BCUT2D eigenvalue weighted by atomic mass is 127. The first kappa shape index (κ1) is 21.3. The minimum Gasteiger partial charge on any atom is -0.504 e. The number of carbonyl (C=O) groups excluding carboxylic acids is 2. The Balaban J connectivity index is 1.89. The van der Waals surface area contributed by atoms with Gasteiger partial charge in [-0.25, -0.2) is 0 Å². The number of nitrogens with zero attached hydrogens (tertiary/aromatic N) is 1. The summed E-state index contributed by atoms with van der Waals surface area (Å²) in [6.07, 6.45) is 1.60. The maximum absolute atomic E-state index is 12.8. The predicted octanol–water partition coefficient (Wildman–Crippen LogP) is 5.94. The van der Waals surface area contributed by atoms with Crippen molar-refractivity contribution in [1.29, 1.82) is 0 Å². The number of rotatable bonds is 5. The van der Waals surface area contributed by atoms with Crippen LogP contribution in [-0.4, -0.2) is 27.8 Å². The van der Waals surface area contributed by atoms with Crippen LogP contribution >= 0.6 is 57.6 Å². The highest BCUT2D eigenvalue weighted by Crippen LogP contribution is 2.38. The molecule has 9 heteroatoms. The maximum atomic E-state index is 12.8. The summed E-state index contributed by atoms with van der Waals surface area (Å²) in [5.74, 6) is -0.0594. The van der Waals surface area contributed by atoms with Crippen molar-refractivity contribution in [3.63, 3.8) is 0 Å². The molecule has 28 heavy (non-hydrogen) atoms. The fourth-order valence-electron chi connectivity index (χ4n) is 2.57. The van der Waals surface area contributed by atoms with Crippen molar-refractivity contribution < 1.29 is 19.4 Å². The summed E-state index contributed by atoms with van der Waals surface area (Å²) in [5, 5.41) is 10.4. The topological polar surface area (TPSA) is 66.8 Å². The molecular formula is C19H14Cl2INO4S. The number of thioether (sulfide) groups is 1. The number of carbonyl (C=O) groups is 2. The van der Waals surface area contributed by atoms with E-state index in [0.29, 0.717) is 37.1 Å². The summed E-state index contributed by atoms with van der Waals surface area (Å²) in [5.41, 5.74) is 1.17. The van der Waals surface area contributed by atoms with Crippen LogP contribution in [-0.2, 0) is 11.3 Å². The van der Waals surface area contributed by atoms with Gasteiger partial charge in [0.15, 0.2) is 11.5 Å². The van der Waals surface area contributed by atoms with Crippen LogP contribution in [0.25, 0.3) is 6.08 Å². The van der Waals surface area contributed by atoms with Gasteiger partial charge in [0.25, 0.3) is 11.1 Å². The van der Waals surface area contributed by atoms with Crippen LogP contribution in [0.5, 0.6) is 11.5 Å². The average Bonchev–Trinajstić information content (AvgIpc) is 2.89. The predicted molar refractivity (Wildman–Crippen MR) is 120 cm³/mol. The number of phenols is 1. The smallest absolute Gasteiger partial charge is 0.293 e. The Kier molecular flexibility index (Phi) is 6.80. The zero-order chi connectivity index (χ0) is 20.4. The molecular weight excluding hydrogens is 536 g/mol. The number of aromatic hydroxyl groups is 1. The third-order valence-corrected chi connectivity index (χ3v) is 6.34. The van der Waals surface area contributed by atoms with Crippen molar-refractivity contribution in [3.05, 3.63) is 60.0 Å². The standard InChI is InChI=1S/C19H14Cl2INO4S/c1-2-27-15-7-10(6-14(22)17(15)24)8-16-18(25)23(19(26)28-16)9-11-12(20)4-3-5-13(11)21/h3-8,24H,2,9H2,1H3/b16-8+. The zero-order valence-corrected chi connectivity index (χ0v) is 19.0.